The average molecular weight is 559 g/mol. The van der Waals surface area contributed by atoms with Gasteiger partial charge in [0.1, 0.15) is 30.8 Å². The van der Waals surface area contributed by atoms with Crippen LogP contribution in [0.1, 0.15) is 66.5 Å². The fraction of sp³-hybridized carbons (Fsp3) is 0.364. The van der Waals surface area contributed by atoms with Gasteiger partial charge in [0.05, 0.1) is 24.1 Å². The lowest BCUT2D eigenvalue weighted by Gasteiger charge is -2.22. The molecule has 6 rings (SSSR count). The third kappa shape index (κ3) is 6.65. The standard InChI is InChI=1S/C30H31FN4O2.C2H6.CH2O/c1-3-23-24(9-4-18(2)29(23)31)30(36)35-12-13-37-27-11-6-19(14-21(27)17-35)20-5-10-25-26(15-20)34-28(33-25)16-32-22-7-8-22;2*1-2/h4-6,9-11,14-15,22,32H,3,7-8,12-13,16-17H2,1-2H3,(H,33,34);1-2H3;1H2. The molecule has 0 radical (unpaired) electrons. The van der Waals surface area contributed by atoms with Gasteiger partial charge in [0, 0.05) is 29.3 Å². The minimum absolute atomic E-state index is 0.163. The van der Waals surface area contributed by atoms with Crippen LogP contribution in [0.25, 0.3) is 22.2 Å². The van der Waals surface area contributed by atoms with Gasteiger partial charge in [-0.3, -0.25) is 4.79 Å². The van der Waals surface area contributed by atoms with Gasteiger partial charge in [-0.25, -0.2) is 9.37 Å². The molecule has 2 N–H and O–H groups in total. The number of nitrogens with zero attached hydrogens (tertiary/aromatic N) is 2. The third-order valence-corrected chi connectivity index (χ3v) is 7.35. The molecule has 1 aliphatic carbocycles. The number of H-pyrrole nitrogens is 1. The summed E-state index contributed by atoms with van der Waals surface area (Å²) in [6.45, 7) is 11.6. The van der Waals surface area contributed by atoms with Crippen LogP contribution in [0.5, 0.6) is 5.75 Å². The molecule has 4 aromatic rings. The normalized spacial score (nSPS) is 14.1. The number of nitrogens with one attached hydrogen (secondary N) is 2. The second-order valence-corrected chi connectivity index (χ2v) is 10.0. The number of carbonyl (C=O) groups excluding carboxylic acids is 2. The smallest absolute Gasteiger partial charge is 0.254 e. The van der Waals surface area contributed by atoms with Crippen molar-refractivity contribution in [3.05, 3.63) is 82.4 Å². The van der Waals surface area contributed by atoms with Crippen molar-refractivity contribution in [3.8, 4) is 16.9 Å². The monoisotopic (exact) mass is 558 g/mol. The number of aromatic amines is 1. The number of benzene rings is 3. The van der Waals surface area contributed by atoms with Crippen LogP contribution < -0.4 is 10.1 Å². The lowest BCUT2D eigenvalue weighted by molar-refractivity contribution is -0.0980. The van der Waals surface area contributed by atoms with Crippen LogP contribution in [-0.2, 0) is 24.3 Å². The summed E-state index contributed by atoms with van der Waals surface area (Å²) in [6.07, 6.45) is 2.96. The Balaban J connectivity index is 0.000000929. The summed E-state index contributed by atoms with van der Waals surface area (Å²) in [6, 6.07) is 16.4. The summed E-state index contributed by atoms with van der Waals surface area (Å²) in [7, 11) is 0. The maximum atomic E-state index is 14.7. The minimum atomic E-state index is -0.289. The Kier molecular flexibility index (Phi) is 9.89. The van der Waals surface area contributed by atoms with Crippen LogP contribution in [0.4, 0.5) is 4.39 Å². The Morgan fingerprint density at radius 3 is 2.59 bits per heavy atom. The van der Waals surface area contributed by atoms with Crippen molar-refractivity contribution >= 4 is 23.7 Å². The molecule has 1 amide bonds. The van der Waals surface area contributed by atoms with E-state index in [-0.39, 0.29) is 11.7 Å². The molecule has 3 aromatic carbocycles. The highest BCUT2D eigenvalue weighted by Crippen LogP contribution is 2.31. The first kappa shape index (κ1) is 29.9. The average Bonchev–Trinajstić information content (AvgIpc) is 3.79. The number of carbonyl (C=O) groups is 2. The zero-order chi connectivity index (χ0) is 29.5. The number of amides is 1. The molecule has 0 saturated heterocycles. The van der Waals surface area contributed by atoms with Crippen LogP contribution >= 0.6 is 0 Å². The van der Waals surface area contributed by atoms with Gasteiger partial charge < -0.3 is 24.7 Å². The van der Waals surface area contributed by atoms with Gasteiger partial charge in [0.15, 0.2) is 0 Å². The topological polar surface area (TPSA) is 87.3 Å². The van der Waals surface area contributed by atoms with E-state index in [0.717, 1.165) is 45.8 Å². The second kappa shape index (κ2) is 13.5. The molecule has 216 valence electrons. The van der Waals surface area contributed by atoms with Gasteiger partial charge in [0.2, 0.25) is 0 Å². The van der Waals surface area contributed by atoms with Crippen LogP contribution in [0.3, 0.4) is 0 Å². The van der Waals surface area contributed by atoms with Crippen molar-refractivity contribution in [1.82, 2.24) is 20.2 Å². The predicted octanol–water partition coefficient (Wildman–Crippen LogP) is 6.37. The molecule has 0 bridgehead atoms. The molecule has 2 aliphatic rings. The largest absolute Gasteiger partial charge is 0.491 e. The number of aromatic nitrogens is 2. The number of aryl methyl sites for hydroxylation is 1. The van der Waals surface area contributed by atoms with Crippen molar-refractivity contribution in [2.24, 2.45) is 0 Å². The van der Waals surface area contributed by atoms with E-state index in [1.807, 2.05) is 45.8 Å². The molecular weight excluding hydrogens is 519 g/mol. The SMILES string of the molecule is C=O.CC.CCc1c(C(=O)N2CCOc3ccc(-c4ccc5nc(CNC6CC6)[nH]c5c4)cc3C2)ccc(C)c1F. The van der Waals surface area contributed by atoms with Crippen LogP contribution in [0, 0.1) is 12.7 Å². The highest BCUT2D eigenvalue weighted by molar-refractivity contribution is 5.96. The summed E-state index contributed by atoms with van der Waals surface area (Å²) in [5, 5.41) is 3.50. The lowest BCUT2D eigenvalue weighted by atomic mass is 9.99. The molecule has 1 fully saturated rings. The Labute approximate surface area is 241 Å². The van der Waals surface area contributed by atoms with Gasteiger partial charge in [-0.05, 0) is 73.2 Å². The third-order valence-electron chi connectivity index (χ3n) is 7.35. The molecule has 0 spiro atoms. The highest BCUT2D eigenvalue weighted by atomic mass is 19.1. The van der Waals surface area contributed by atoms with Gasteiger partial charge >= 0.3 is 0 Å². The first-order chi connectivity index (χ1) is 20.0. The van der Waals surface area contributed by atoms with Gasteiger partial charge in [-0.2, -0.15) is 0 Å². The summed E-state index contributed by atoms with van der Waals surface area (Å²) in [5.74, 6) is 1.27. The number of rotatable bonds is 6. The van der Waals surface area contributed by atoms with E-state index in [1.54, 1.807) is 24.0 Å². The Morgan fingerprint density at radius 1 is 1.12 bits per heavy atom. The molecule has 1 saturated carbocycles. The highest BCUT2D eigenvalue weighted by Gasteiger charge is 2.25. The molecule has 0 unspecified atom stereocenters. The van der Waals surface area contributed by atoms with E-state index in [2.05, 4.69) is 28.5 Å². The van der Waals surface area contributed by atoms with E-state index in [4.69, 9.17) is 14.5 Å². The predicted molar refractivity (Wildman–Crippen MR) is 161 cm³/mol. The maximum Gasteiger partial charge on any atom is 0.254 e. The molecule has 0 atom stereocenters. The van der Waals surface area contributed by atoms with Crippen LogP contribution in [0.15, 0.2) is 48.5 Å². The number of fused-ring (bicyclic) bond motifs is 2. The molecular formula is C33H39FN4O3. The molecule has 1 aliphatic heterocycles. The first-order valence-corrected chi connectivity index (χ1v) is 14.3. The molecule has 8 heteroatoms. The van der Waals surface area contributed by atoms with E-state index in [9.17, 15) is 9.18 Å². The van der Waals surface area contributed by atoms with E-state index in [0.29, 0.717) is 48.8 Å². The van der Waals surface area contributed by atoms with Crippen LogP contribution in [-0.4, -0.2) is 46.8 Å². The van der Waals surface area contributed by atoms with E-state index < -0.39 is 0 Å². The molecule has 7 nitrogen and oxygen atoms in total. The Hall–Kier alpha value is -4.04. The van der Waals surface area contributed by atoms with Crippen molar-refractivity contribution in [1.29, 1.82) is 0 Å². The number of ether oxygens (including phenoxy) is 1. The fourth-order valence-corrected chi connectivity index (χ4v) is 5.06. The van der Waals surface area contributed by atoms with E-state index >= 15 is 0 Å². The van der Waals surface area contributed by atoms with Crippen molar-refractivity contribution in [3.63, 3.8) is 0 Å². The molecule has 41 heavy (non-hydrogen) atoms. The molecule has 1 aromatic heterocycles. The number of hydrogen-bond acceptors (Lipinski definition) is 5. The summed E-state index contributed by atoms with van der Waals surface area (Å²) in [5.41, 5.74) is 6.46. The van der Waals surface area contributed by atoms with Gasteiger partial charge in [0.25, 0.3) is 5.91 Å². The maximum absolute atomic E-state index is 14.7. The lowest BCUT2D eigenvalue weighted by Crippen LogP contribution is -2.33. The van der Waals surface area contributed by atoms with Crippen molar-refractivity contribution < 1.29 is 18.7 Å². The minimum Gasteiger partial charge on any atom is -0.491 e. The molecule has 2 heterocycles. The van der Waals surface area contributed by atoms with Gasteiger partial charge in [-0.15, -0.1) is 0 Å². The zero-order valence-electron chi connectivity index (χ0n) is 24.4. The Bertz CT molecular complexity index is 1510. The number of hydrogen-bond donors (Lipinski definition) is 2. The van der Waals surface area contributed by atoms with Crippen molar-refractivity contribution in [2.75, 3.05) is 13.2 Å². The van der Waals surface area contributed by atoms with Gasteiger partial charge in [-0.1, -0.05) is 39.0 Å². The quantitative estimate of drug-likeness (QED) is 0.287. The Morgan fingerprint density at radius 2 is 1.85 bits per heavy atom. The first-order valence-electron chi connectivity index (χ1n) is 14.3. The number of halogens is 1. The number of imidazole rings is 1. The van der Waals surface area contributed by atoms with Crippen LogP contribution in [0.2, 0.25) is 0 Å². The summed E-state index contributed by atoms with van der Waals surface area (Å²) >= 11 is 0. The summed E-state index contributed by atoms with van der Waals surface area (Å²) < 4.78 is 20.7. The van der Waals surface area contributed by atoms with E-state index in [1.165, 1.54) is 12.8 Å². The second-order valence-electron chi connectivity index (χ2n) is 10.0. The van der Waals surface area contributed by atoms with Crippen molar-refractivity contribution in [2.45, 2.75) is 66.1 Å². The fourth-order valence-electron chi connectivity index (χ4n) is 5.06. The zero-order valence-corrected chi connectivity index (χ0v) is 24.4. The summed E-state index contributed by atoms with van der Waals surface area (Å²) in [4.78, 5) is 31.4.